The summed E-state index contributed by atoms with van der Waals surface area (Å²) < 4.78 is 0. The van der Waals surface area contributed by atoms with Crippen molar-refractivity contribution in [3.63, 3.8) is 0 Å². The minimum absolute atomic E-state index is 0. The molecule has 0 aliphatic carbocycles. The number of halogens is 2. The van der Waals surface area contributed by atoms with Gasteiger partial charge in [-0.2, -0.15) is 0 Å². The van der Waals surface area contributed by atoms with Crippen LogP contribution in [0.1, 0.15) is 22.7 Å². The highest BCUT2D eigenvalue weighted by Gasteiger charge is 2.36. The third-order valence-corrected chi connectivity index (χ3v) is 5.13. The number of nitrogens with one attached hydrogen (secondary N) is 1. The molecule has 126 valence electrons. The zero-order valence-electron chi connectivity index (χ0n) is 13.2. The van der Waals surface area contributed by atoms with E-state index in [1.165, 1.54) is 16.7 Å². The summed E-state index contributed by atoms with van der Waals surface area (Å²) >= 11 is 6.14. The van der Waals surface area contributed by atoms with E-state index in [0.29, 0.717) is 6.54 Å². The minimum Gasteiger partial charge on any atom is -0.331 e. The summed E-state index contributed by atoms with van der Waals surface area (Å²) in [6.45, 7) is 2.23. The topological polar surface area (TPSA) is 32.3 Å². The third-order valence-electron chi connectivity index (χ3n) is 4.90. The summed E-state index contributed by atoms with van der Waals surface area (Å²) in [5.74, 6) is 0.366. The van der Waals surface area contributed by atoms with Crippen LogP contribution in [0.15, 0.2) is 48.5 Å². The van der Waals surface area contributed by atoms with Gasteiger partial charge in [-0.15, -0.1) is 12.4 Å². The van der Waals surface area contributed by atoms with Crippen LogP contribution in [-0.4, -0.2) is 23.9 Å². The van der Waals surface area contributed by atoms with E-state index in [4.69, 9.17) is 11.6 Å². The molecule has 0 radical (unpaired) electrons. The van der Waals surface area contributed by atoms with Crippen LogP contribution in [-0.2, 0) is 17.8 Å². The van der Waals surface area contributed by atoms with Gasteiger partial charge in [-0.3, -0.25) is 4.79 Å². The molecule has 1 atom stereocenters. The summed E-state index contributed by atoms with van der Waals surface area (Å²) in [6.07, 6.45) is 0.850. The zero-order chi connectivity index (χ0) is 15.8. The van der Waals surface area contributed by atoms with E-state index >= 15 is 0 Å². The van der Waals surface area contributed by atoms with E-state index in [1.807, 2.05) is 35.2 Å². The monoisotopic (exact) mass is 362 g/mol. The molecule has 2 heterocycles. The molecule has 0 bridgehead atoms. The van der Waals surface area contributed by atoms with Gasteiger partial charge in [0.05, 0.1) is 12.0 Å². The van der Waals surface area contributed by atoms with Gasteiger partial charge in [-0.25, -0.2) is 0 Å². The Hall–Kier alpha value is -1.55. The Morgan fingerprint density at radius 2 is 1.83 bits per heavy atom. The number of fused-ring (bicyclic) bond motifs is 1. The molecule has 1 N–H and O–H groups in total. The lowest BCUT2D eigenvalue weighted by atomic mass is 9.88. The highest BCUT2D eigenvalue weighted by molar-refractivity contribution is 6.30. The van der Waals surface area contributed by atoms with Gasteiger partial charge in [-0.05, 0) is 35.2 Å². The number of benzene rings is 2. The number of carbonyl (C=O) groups excluding carboxylic acids is 1. The quantitative estimate of drug-likeness (QED) is 0.884. The van der Waals surface area contributed by atoms with Crippen LogP contribution < -0.4 is 5.32 Å². The molecule has 2 aromatic carbocycles. The van der Waals surface area contributed by atoms with Gasteiger partial charge in [0.2, 0.25) is 5.91 Å². The molecule has 2 aromatic rings. The molecular formula is C19H20Cl2N2O. The van der Waals surface area contributed by atoms with Crippen molar-refractivity contribution in [1.82, 2.24) is 10.2 Å². The second-order valence-electron chi connectivity index (χ2n) is 6.36. The van der Waals surface area contributed by atoms with E-state index in [-0.39, 0.29) is 30.3 Å². The molecule has 3 nitrogen and oxygen atoms in total. The fraction of sp³-hybridized carbons (Fsp3) is 0.316. The lowest BCUT2D eigenvalue weighted by molar-refractivity contribution is -0.141. The minimum atomic E-state index is 0. The Bertz CT molecular complexity index is 731. The van der Waals surface area contributed by atoms with Crippen LogP contribution in [0.5, 0.6) is 0 Å². The molecule has 0 spiro atoms. The first kappa shape index (κ1) is 17.3. The van der Waals surface area contributed by atoms with E-state index in [2.05, 4.69) is 23.5 Å². The van der Waals surface area contributed by atoms with Gasteiger partial charge in [0, 0.05) is 24.7 Å². The first-order valence-electron chi connectivity index (χ1n) is 8.06. The van der Waals surface area contributed by atoms with Crippen molar-refractivity contribution < 1.29 is 4.79 Å². The summed E-state index contributed by atoms with van der Waals surface area (Å²) in [6, 6.07) is 16.5. The predicted molar refractivity (Wildman–Crippen MR) is 98.5 cm³/mol. The Balaban J connectivity index is 0.00000169. The van der Waals surface area contributed by atoms with Crippen molar-refractivity contribution in [3.05, 3.63) is 70.2 Å². The molecule has 2 aliphatic rings. The van der Waals surface area contributed by atoms with E-state index in [9.17, 15) is 4.79 Å². The van der Waals surface area contributed by atoms with E-state index in [1.54, 1.807) is 0 Å². The standard InChI is InChI=1S/C19H19ClN2O.ClH/c20-17-7-6-14-9-18(13-4-2-1-3-5-13)22(12-15(14)8-17)19(23)16-10-21-11-16;/h1-8,16,18,21H,9-12H2;1H. The van der Waals surface area contributed by atoms with Crippen LogP contribution in [0.3, 0.4) is 0 Å². The van der Waals surface area contributed by atoms with Gasteiger partial charge in [0.1, 0.15) is 0 Å². The molecule has 2 aliphatic heterocycles. The number of amides is 1. The van der Waals surface area contributed by atoms with Gasteiger partial charge in [0.15, 0.2) is 0 Å². The van der Waals surface area contributed by atoms with Crippen LogP contribution in [0.4, 0.5) is 0 Å². The van der Waals surface area contributed by atoms with Crippen molar-refractivity contribution in [2.75, 3.05) is 13.1 Å². The fourth-order valence-corrected chi connectivity index (χ4v) is 3.65. The molecule has 5 heteroatoms. The molecule has 0 aromatic heterocycles. The Morgan fingerprint density at radius 1 is 1.08 bits per heavy atom. The molecule has 24 heavy (non-hydrogen) atoms. The summed E-state index contributed by atoms with van der Waals surface area (Å²) in [4.78, 5) is 15.0. The zero-order valence-corrected chi connectivity index (χ0v) is 14.8. The molecule has 1 fully saturated rings. The van der Waals surface area contributed by atoms with Crippen LogP contribution in [0, 0.1) is 5.92 Å². The molecule has 4 rings (SSSR count). The fourth-order valence-electron chi connectivity index (χ4n) is 3.46. The van der Waals surface area contributed by atoms with Gasteiger partial charge in [-0.1, -0.05) is 48.0 Å². The number of hydrogen-bond acceptors (Lipinski definition) is 2. The van der Waals surface area contributed by atoms with Gasteiger partial charge in [0.25, 0.3) is 0 Å². The van der Waals surface area contributed by atoms with Crippen molar-refractivity contribution in [2.45, 2.75) is 19.0 Å². The van der Waals surface area contributed by atoms with Crippen molar-refractivity contribution in [3.8, 4) is 0 Å². The van der Waals surface area contributed by atoms with Crippen molar-refractivity contribution in [2.24, 2.45) is 5.92 Å². The predicted octanol–water partition coefficient (Wildman–Crippen LogP) is 3.61. The average Bonchev–Trinajstić information content (AvgIpc) is 2.52. The van der Waals surface area contributed by atoms with Crippen LogP contribution >= 0.6 is 24.0 Å². The molecular weight excluding hydrogens is 343 g/mol. The van der Waals surface area contributed by atoms with Crippen molar-refractivity contribution in [1.29, 1.82) is 0 Å². The average molecular weight is 363 g/mol. The van der Waals surface area contributed by atoms with Crippen LogP contribution in [0.25, 0.3) is 0 Å². The first-order chi connectivity index (χ1) is 11.2. The van der Waals surface area contributed by atoms with Gasteiger partial charge < -0.3 is 10.2 Å². The van der Waals surface area contributed by atoms with Crippen molar-refractivity contribution >= 4 is 29.9 Å². The highest BCUT2D eigenvalue weighted by atomic mass is 35.5. The third kappa shape index (κ3) is 3.16. The SMILES string of the molecule is Cl.O=C(C1CNC1)N1Cc2cc(Cl)ccc2CC1c1ccccc1. The second-order valence-corrected chi connectivity index (χ2v) is 6.80. The van der Waals surface area contributed by atoms with Gasteiger partial charge >= 0.3 is 0 Å². The Morgan fingerprint density at radius 3 is 2.50 bits per heavy atom. The number of hydrogen-bond donors (Lipinski definition) is 1. The summed E-state index contributed by atoms with van der Waals surface area (Å²) in [5.41, 5.74) is 3.66. The van der Waals surface area contributed by atoms with E-state index in [0.717, 1.165) is 24.5 Å². The van der Waals surface area contributed by atoms with Crippen LogP contribution in [0.2, 0.25) is 5.02 Å². The maximum atomic E-state index is 12.9. The molecule has 1 unspecified atom stereocenters. The van der Waals surface area contributed by atoms with E-state index < -0.39 is 0 Å². The smallest absolute Gasteiger partial charge is 0.229 e. The lowest BCUT2D eigenvalue weighted by Crippen LogP contribution is -2.53. The largest absolute Gasteiger partial charge is 0.331 e. The maximum absolute atomic E-state index is 12.9. The summed E-state index contributed by atoms with van der Waals surface area (Å²) in [5, 5.41) is 3.93. The normalized spacial score (nSPS) is 19.9. The molecule has 0 saturated carbocycles. The maximum Gasteiger partial charge on any atom is 0.229 e. The lowest BCUT2D eigenvalue weighted by Gasteiger charge is -2.41. The molecule has 1 saturated heterocycles. The molecule has 1 amide bonds. The second kappa shape index (κ2) is 7.14. The highest BCUT2D eigenvalue weighted by Crippen LogP contribution is 2.35. The number of rotatable bonds is 2. The number of carbonyl (C=O) groups is 1. The Kier molecular flexibility index (Phi) is 5.14. The number of nitrogens with zero attached hydrogens (tertiary/aromatic N) is 1. The summed E-state index contributed by atoms with van der Waals surface area (Å²) in [7, 11) is 0. The Labute approximate surface area is 153 Å². The first-order valence-corrected chi connectivity index (χ1v) is 8.43.